The number of carbonyl (C=O) groups is 1. The van der Waals surface area contributed by atoms with Crippen molar-refractivity contribution in [2.75, 3.05) is 18.9 Å². The summed E-state index contributed by atoms with van der Waals surface area (Å²) in [5, 5.41) is 24.1. The van der Waals surface area contributed by atoms with Gasteiger partial charge in [0.05, 0.1) is 24.6 Å². The predicted molar refractivity (Wildman–Crippen MR) is 57.7 cm³/mol. The van der Waals surface area contributed by atoms with E-state index in [1.807, 2.05) is 6.92 Å². The SMILES string of the molecule is CCn1ncc(N)c1C(=O)NCC(O)CO. The van der Waals surface area contributed by atoms with Gasteiger partial charge < -0.3 is 21.3 Å². The lowest BCUT2D eigenvalue weighted by Crippen LogP contribution is -2.35. The maximum Gasteiger partial charge on any atom is 0.271 e. The van der Waals surface area contributed by atoms with Crippen LogP contribution in [-0.2, 0) is 6.54 Å². The number of nitrogens with zero attached hydrogens (tertiary/aromatic N) is 2. The Balaban J connectivity index is 2.69. The van der Waals surface area contributed by atoms with E-state index in [1.54, 1.807) is 0 Å². The zero-order valence-electron chi connectivity index (χ0n) is 9.05. The minimum atomic E-state index is -0.969. The van der Waals surface area contributed by atoms with Gasteiger partial charge in [-0.1, -0.05) is 0 Å². The number of aryl methyl sites for hydroxylation is 1. The largest absolute Gasteiger partial charge is 0.396 e. The van der Waals surface area contributed by atoms with Gasteiger partial charge in [0.2, 0.25) is 0 Å². The molecular weight excluding hydrogens is 212 g/mol. The zero-order chi connectivity index (χ0) is 12.1. The highest BCUT2D eigenvalue weighted by molar-refractivity contribution is 5.97. The van der Waals surface area contributed by atoms with E-state index in [1.165, 1.54) is 10.9 Å². The quantitative estimate of drug-likeness (QED) is 0.493. The number of aromatic nitrogens is 2. The standard InChI is InChI=1S/C9H16N4O3/c1-2-13-8(7(10)4-12-13)9(16)11-3-6(15)5-14/h4,6,14-15H,2-3,5,10H2,1H3,(H,11,16). The predicted octanol–water partition coefficient (Wildman–Crippen LogP) is -1.43. The third-order valence-corrected chi connectivity index (χ3v) is 2.09. The number of carbonyl (C=O) groups excluding carboxylic acids is 1. The second kappa shape index (κ2) is 5.47. The van der Waals surface area contributed by atoms with E-state index in [0.29, 0.717) is 6.54 Å². The number of aliphatic hydroxyl groups excluding tert-OH is 2. The Kier molecular flexibility index (Phi) is 4.27. The number of amides is 1. The normalized spacial score (nSPS) is 12.4. The third-order valence-electron chi connectivity index (χ3n) is 2.09. The maximum absolute atomic E-state index is 11.7. The average molecular weight is 228 g/mol. The van der Waals surface area contributed by atoms with Gasteiger partial charge in [-0.05, 0) is 6.92 Å². The molecule has 0 fully saturated rings. The van der Waals surface area contributed by atoms with Crippen LogP contribution in [0.5, 0.6) is 0 Å². The van der Waals surface area contributed by atoms with E-state index in [4.69, 9.17) is 15.9 Å². The minimum absolute atomic E-state index is 0.0241. The Morgan fingerprint density at radius 3 is 3.00 bits per heavy atom. The molecule has 16 heavy (non-hydrogen) atoms. The molecular formula is C9H16N4O3. The Hall–Kier alpha value is -1.60. The first kappa shape index (κ1) is 12.5. The van der Waals surface area contributed by atoms with E-state index in [9.17, 15) is 4.79 Å². The highest BCUT2D eigenvalue weighted by Crippen LogP contribution is 2.10. The lowest BCUT2D eigenvalue weighted by molar-refractivity contribution is 0.0795. The van der Waals surface area contributed by atoms with Gasteiger partial charge in [-0.25, -0.2) is 0 Å². The summed E-state index contributed by atoms with van der Waals surface area (Å²) in [6, 6.07) is 0. The van der Waals surface area contributed by atoms with E-state index in [-0.39, 0.29) is 17.9 Å². The number of anilines is 1. The van der Waals surface area contributed by atoms with Gasteiger partial charge in [0.15, 0.2) is 0 Å². The fraction of sp³-hybridized carbons (Fsp3) is 0.556. The molecule has 1 aromatic rings. The van der Waals surface area contributed by atoms with Gasteiger partial charge in [0.25, 0.3) is 5.91 Å². The molecule has 1 heterocycles. The van der Waals surface area contributed by atoms with Gasteiger partial charge in [0.1, 0.15) is 5.69 Å². The summed E-state index contributed by atoms with van der Waals surface area (Å²) in [7, 11) is 0. The van der Waals surface area contributed by atoms with Gasteiger partial charge in [-0.3, -0.25) is 9.48 Å². The van der Waals surface area contributed by atoms with Crippen LogP contribution in [-0.4, -0.2) is 45.2 Å². The van der Waals surface area contributed by atoms with Crippen LogP contribution in [0.15, 0.2) is 6.20 Å². The molecule has 90 valence electrons. The molecule has 1 rings (SSSR count). The molecule has 0 saturated heterocycles. The first-order valence-corrected chi connectivity index (χ1v) is 4.98. The van der Waals surface area contributed by atoms with Crippen molar-refractivity contribution in [3.05, 3.63) is 11.9 Å². The van der Waals surface area contributed by atoms with Crippen LogP contribution in [0.4, 0.5) is 5.69 Å². The summed E-state index contributed by atoms with van der Waals surface area (Å²) < 4.78 is 1.47. The Labute approximate surface area is 92.9 Å². The summed E-state index contributed by atoms with van der Waals surface area (Å²) in [6.45, 7) is 1.95. The van der Waals surface area contributed by atoms with E-state index < -0.39 is 18.6 Å². The van der Waals surface area contributed by atoms with Crippen LogP contribution < -0.4 is 11.1 Å². The van der Waals surface area contributed by atoms with Crippen LogP contribution in [0.2, 0.25) is 0 Å². The van der Waals surface area contributed by atoms with Gasteiger partial charge in [-0.2, -0.15) is 5.10 Å². The number of rotatable bonds is 5. The highest BCUT2D eigenvalue weighted by atomic mass is 16.3. The smallest absolute Gasteiger partial charge is 0.271 e. The lowest BCUT2D eigenvalue weighted by atomic mass is 10.3. The Bertz CT molecular complexity index is 364. The second-order valence-electron chi connectivity index (χ2n) is 3.31. The van der Waals surface area contributed by atoms with Crippen LogP contribution in [0.1, 0.15) is 17.4 Å². The summed E-state index contributed by atoms with van der Waals surface area (Å²) in [4.78, 5) is 11.7. The number of hydrogen-bond donors (Lipinski definition) is 4. The van der Waals surface area contributed by atoms with E-state index in [2.05, 4.69) is 10.4 Å². The van der Waals surface area contributed by atoms with E-state index in [0.717, 1.165) is 0 Å². The molecule has 0 aliphatic heterocycles. The number of nitrogens with two attached hydrogens (primary N) is 1. The highest BCUT2D eigenvalue weighted by Gasteiger charge is 2.16. The first-order chi connectivity index (χ1) is 7.60. The van der Waals surface area contributed by atoms with Crippen molar-refractivity contribution in [3.63, 3.8) is 0 Å². The van der Waals surface area contributed by atoms with Crippen LogP contribution in [0, 0.1) is 0 Å². The fourth-order valence-electron chi connectivity index (χ4n) is 1.25. The molecule has 0 saturated carbocycles. The van der Waals surface area contributed by atoms with Crippen molar-refractivity contribution in [2.45, 2.75) is 19.6 Å². The molecule has 5 N–H and O–H groups in total. The van der Waals surface area contributed by atoms with Crippen molar-refractivity contribution in [1.29, 1.82) is 0 Å². The molecule has 1 unspecified atom stereocenters. The molecule has 1 aromatic heterocycles. The van der Waals surface area contributed by atoms with E-state index >= 15 is 0 Å². The van der Waals surface area contributed by atoms with Crippen molar-refractivity contribution >= 4 is 11.6 Å². The minimum Gasteiger partial charge on any atom is -0.396 e. The number of aliphatic hydroxyl groups is 2. The fourth-order valence-corrected chi connectivity index (χ4v) is 1.25. The van der Waals surface area contributed by atoms with Crippen LogP contribution in [0.3, 0.4) is 0 Å². The van der Waals surface area contributed by atoms with Crippen molar-refractivity contribution in [3.8, 4) is 0 Å². The number of nitrogen functional groups attached to an aromatic ring is 1. The maximum atomic E-state index is 11.7. The Morgan fingerprint density at radius 1 is 1.75 bits per heavy atom. The average Bonchev–Trinajstić information content (AvgIpc) is 2.66. The molecule has 7 heteroatoms. The summed E-state index contributed by atoms with van der Waals surface area (Å²) in [5.41, 5.74) is 6.16. The van der Waals surface area contributed by atoms with Gasteiger partial charge in [0, 0.05) is 13.1 Å². The van der Waals surface area contributed by atoms with Crippen molar-refractivity contribution in [2.24, 2.45) is 0 Å². The zero-order valence-corrected chi connectivity index (χ0v) is 9.05. The molecule has 1 amide bonds. The monoisotopic (exact) mass is 228 g/mol. The molecule has 0 radical (unpaired) electrons. The van der Waals surface area contributed by atoms with Crippen LogP contribution in [0.25, 0.3) is 0 Å². The number of nitrogens with one attached hydrogen (secondary N) is 1. The summed E-state index contributed by atoms with van der Waals surface area (Å²) in [6.07, 6.45) is 0.434. The van der Waals surface area contributed by atoms with Crippen molar-refractivity contribution < 1.29 is 15.0 Å². The molecule has 7 nitrogen and oxygen atoms in total. The molecule has 0 aliphatic rings. The molecule has 0 aliphatic carbocycles. The van der Waals surface area contributed by atoms with Crippen LogP contribution >= 0.6 is 0 Å². The molecule has 1 atom stereocenters. The lowest BCUT2D eigenvalue weighted by Gasteiger charge is -2.10. The van der Waals surface area contributed by atoms with Gasteiger partial charge >= 0.3 is 0 Å². The molecule has 0 aromatic carbocycles. The summed E-state index contributed by atoms with van der Waals surface area (Å²) >= 11 is 0. The summed E-state index contributed by atoms with van der Waals surface area (Å²) in [5.74, 6) is -0.413. The van der Waals surface area contributed by atoms with Crippen molar-refractivity contribution in [1.82, 2.24) is 15.1 Å². The number of hydrogen-bond acceptors (Lipinski definition) is 5. The Morgan fingerprint density at radius 2 is 2.44 bits per heavy atom. The van der Waals surface area contributed by atoms with Gasteiger partial charge in [-0.15, -0.1) is 0 Å². The first-order valence-electron chi connectivity index (χ1n) is 4.98. The molecule has 0 spiro atoms. The third kappa shape index (κ3) is 2.71. The second-order valence-corrected chi connectivity index (χ2v) is 3.31. The topological polar surface area (TPSA) is 113 Å². The molecule has 0 bridgehead atoms.